The Hall–Kier alpha value is -2.92. The molecule has 2 N–H and O–H groups in total. The Morgan fingerprint density at radius 2 is 2.04 bits per heavy atom. The molecular formula is C21H23N3O2. The van der Waals surface area contributed by atoms with Gasteiger partial charge in [0.25, 0.3) is 5.91 Å². The van der Waals surface area contributed by atoms with Gasteiger partial charge in [-0.3, -0.25) is 4.79 Å². The largest absolute Gasteiger partial charge is 0.396 e. The number of benzene rings is 2. The smallest absolute Gasteiger partial charge is 0.253 e. The van der Waals surface area contributed by atoms with Crippen molar-refractivity contribution in [1.82, 2.24) is 14.9 Å². The van der Waals surface area contributed by atoms with E-state index < -0.39 is 0 Å². The molecule has 0 spiro atoms. The predicted octanol–water partition coefficient (Wildman–Crippen LogP) is 3.08. The van der Waals surface area contributed by atoms with Gasteiger partial charge >= 0.3 is 0 Å². The second-order valence-corrected chi connectivity index (χ2v) is 6.32. The maximum atomic E-state index is 12.8. The fraction of sp³-hybridized carbons (Fsp3) is 0.238. The van der Waals surface area contributed by atoms with Crippen molar-refractivity contribution >= 4 is 5.91 Å². The van der Waals surface area contributed by atoms with Crippen LogP contribution in [0.5, 0.6) is 0 Å². The topological polar surface area (TPSA) is 67.2 Å². The van der Waals surface area contributed by atoms with Gasteiger partial charge in [0.2, 0.25) is 0 Å². The molecule has 3 rings (SSSR count). The highest BCUT2D eigenvalue weighted by Gasteiger charge is 2.16. The van der Waals surface area contributed by atoms with Gasteiger partial charge < -0.3 is 15.0 Å². The zero-order valence-corrected chi connectivity index (χ0v) is 14.8. The Balaban J connectivity index is 1.78. The van der Waals surface area contributed by atoms with Crippen LogP contribution < -0.4 is 5.32 Å². The Labute approximate surface area is 153 Å². The Morgan fingerprint density at radius 3 is 2.73 bits per heavy atom. The summed E-state index contributed by atoms with van der Waals surface area (Å²) in [6, 6.07) is 15.7. The summed E-state index contributed by atoms with van der Waals surface area (Å²) in [5.74, 6) is -0.0528. The number of carbonyl (C=O) groups excluding carboxylic acids is 1. The first-order valence-corrected chi connectivity index (χ1v) is 8.72. The number of imidazole rings is 1. The number of hydrogen-bond acceptors (Lipinski definition) is 3. The maximum Gasteiger partial charge on any atom is 0.253 e. The molecule has 0 radical (unpaired) electrons. The molecule has 3 aromatic rings. The van der Waals surface area contributed by atoms with Gasteiger partial charge in [-0.2, -0.15) is 0 Å². The number of nitrogens with one attached hydrogen (secondary N) is 1. The molecule has 0 aliphatic rings. The third-order valence-electron chi connectivity index (χ3n) is 4.44. The highest BCUT2D eigenvalue weighted by molar-refractivity contribution is 5.98. The number of carbonyl (C=O) groups is 1. The van der Waals surface area contributed by atoms with Gasteiger partial charge in [-0.25, -0.2) is 4.98 Å². The van der Waals surface area contributed by atoms with E-state index in [2.05, 4.69) is 10.3 Å². The zero-order valence-electron chi connectivity index (χ0n) is 14.8. The lowest BCUT2D eigenvalue weighted by Gasteiger charge is -2.18. The molecule has 0 saturated carbocycles. The minimum Gasteiger partial charge on any atom is -0.396 e. The molecule has 0 saturated heterocycles. The van der Waals surface area contributed by atoms with Crippen molar-refractivity contribution in [3.63, 3.8) is 0 Å². The summed E-state index contributed by atoms with van der Waals surface area (Å²) in [5.41, 5.74) is 3.54. The van der Waals surface area contributed by atoms with E-state index in [1.165, 1.54) is 0 Å². The van der Waals surface area contributed by atoms with E-state index in [1.54, 1.807) is 12.5 Å². The summed E-state index contributed by atoms with van der Waals surface area (Å²) in [6.45, 7) is 2.52. The molecule has 1 heterocycles. The van der Waals surface area contributed by atoms with E-state index in [9.17, 15) is 9.90 Å². The van der Waals surface area contributed by atoms with Crippen molar-refractivity contribution in [2.75, 3.05) is 13.2 Å². The van der Waals surface area contributed by atoms with Crippen molar-refractivity contribution in [1.29, 1.82) is 0 Å². The van der Waals surface area contributed by atoms with E-state index in [1.807, 2.05) is 66.2 Å². The molecular weight excluding hydrogens is 326 g/mol. The Bertz CT molecular complexity index is 845. The lowest BCUT2D eigenvalue weighted by atomic mass is 9.96. The number of rotatable bonds is 7. The van der Waals surface area contributed by atoms with Crippen LogP contribution in [0, 0.1) is 6.92 Å². The van der Waals surface area contributed by atoms with Crippen LogP contribution in [0.3, 0.4) is 0 Å². The van der Waals surface area contributed by atoms with Crippen LogP contribution in [-0.2, 0) is 0 Å². The van der Waals surface area contributed by atoms with E-state index >= 15 is 0 Å². The van der Waals surface area contributed by atoms with Crippen LogP contribution in [-0.4, -0.2) is 33.7 Å². The first-order valence-electron chi connectivity index (χ1n) is 8.72. The number of nitrogens with zero attached hydrogens (tertiary/aromatic N) is 2. The summed E-state index contributed by atoms with van der Waals surface area (Å²) in [5, 5.41) is 12.4. The van der Waals surface area contributed by atoms with Crippen LogP contribution in [0.2, 0.25) is 0 Å². The molecule has 0 aliphatic heterocycles. The van der Waals surface area contributed by atoms with Crippen LogP contribution in [0.25, 0.3) is 5.69 Å². The summed E-state index contributed by atoms with van der Waals surface area (Å²) in [6.07, 6.45) is 5.79. The number of aromatic nitrogens is 2. The number of amides is 1. The number of aryl methyl sites for hydroxylation is 1. The average Bonchev–Trinajstić information content (AvgIpc) is 3.20. The molecule has 0 bridgehead atoms. The molecule has 1 atom stereocenters. The minimum atomic E-state index is -0.128. The molecule has 26 heavy (non-hydrogen) atoms. The van der Waals surface area contributed by atoms with Crippen LogP contribution in [0.15, 0.2) is 67.3 Å². The SMILES string of the molecule is Cc1ccc(-n2ccnc2)c(C(=O)NCC(CCO)c2ccccc2)c1. The summed E-state index contributed by atoms with van der Waals surface area (Å²) >= 11 is 0. The Kier molecular flexibility index (Phi) is 5.81. The van der Waals surface area contributed by atoms with Crippen molar-refractivity contribution in [3.05, 3.63) is 83.9 Å². The molecule has 0 fully saturated rings. The summed E-state index contributed by atoms with van der Waals surface area (Å²) < 4.78 is 1.83. The first kappa shape index (κ1) is 17.9. The van der Waals surface area contributed by atoms with E-state index in [0.717, 1.165) is 16.8 Å². The van der Waals surface area contributed by atoms with Gasteiger partial charge in [0, 0.05) is 31.5 Å². The van der Waals surface area contributed by atoms with Crippen molar-refractivity contribution in [2.24, 2.45) is 0 Å². The van der Waals surface area contributed by atoms with E-state index in [0.29, 0.717) is 18.5 Å². The summed E-state index contributed by atoms with van der Waals surface area (Å²) in [4.78, 5) is 16.9. The average molecular weight is 349 g/mol. The zero-order chi connectivity index (χ0) is 18.4. The van der Waals surface area contributed by atoms with Gasteiger partial charge in [-0.15, -0.1) is 0 Å². The third-order valence-corrected chi connectivity index (χ3v) is 4.44. The monoisotopic (exact) mass is 349 g/mol. The highest BCUT2D eigenvalue weighted by Crippen LogP contribution is 2.20. The highest BCUT2D eigenvalue weighted by atomic mass is 16.3. The second-order valence-electron chi connectivity index (χ2n) is 6.32. The Morgan fingerprint density at radius 1 is 1.23 bits per heavy atom. The van der Waals surface area contributed by atoms with Gasteiger partial charge in [0.15, 0.2) is 0 Å². The fourth-order valence-corrected chi connectivity index (χ4v) is 3.04. The van der Waals surface area contributed by atoms with E-state index in [-0.39, 0.29) is 18.4 Å². The quantitative estimate of drug-likeness (QED) is 0.689. The maximum absolute atomic E-state index is 12.8. The lowest BCUT2D eigenvalue weighted by molar-refractivity contribution is 0.0949. The molecule has 0 aliphatic carbocycles. The van der Waals surface area contributed by atoms with Crippen molar-refractivity contribution in [3.8, 4) is 5.69 Å². The number of aliphatic hydroxyl groups excluding tert-OH is 1. The predicted molar refractivity (Wildman–Crippen MR) is 102 cm³/mol. The van der Waals surface area contributed by atoms with Gasteiger partial charge in [-0.05, 0) is 31.0 Å². The van der Waals surface area contributed by atoms with Crippen LogP contribution in [0.4, 0.5) is 0 Å². The van der Waals surface area contributed by atoms with Crippen LogP contribution >= 0.6 is 0 Å². The van der Waals surface area contributed by atoms with Crippen molar-refractivity contribution in [2.45, 2.75) is 19.3 Å². The third kappa shape index (κ3) is 4.18. The lowest BCUT2D eigenvalue weighted by Crippen LogP contribution is -2.29. The van der Waals surface area contributed by atoms with Gasteiger partial charge in [0.1, 0.15) is 0 Å². The van der Waals surface area contributed by atoms with Gasteiger partial charge in [0.05, 0.1) is 17.6 Å². The normalized spacial score (nSPS) is 11.9. The fourth-order valence-electron chi connectivity index (χ4n) is 3.04. The summed E-state index contributed by atoms with van der Waals surface area (Å²) in [7, 11) is 0. The van der Waals surface area contributed by atoms with E-state index in [4.69, 9.17) is 0 Å². The number of hydrogen-bond donors (Lipinski definition) is 2. The molecule has 1 aromatic heterocycles. The standard InChI is InChI=1S/C21H23N3O2/c1-16-7-8-20(24-11-10-22-15-24)19(13-16)21(26)23-14-18(9-12-25)17-5-3-2-4-6-17/h2-8,10-11,13,15,18,25H,9,12,14H2,1H3,(H,23,26). The van der Waals surface area contributed by atoms with Crippen molar-refractivity contribution < 1.29 is 9.90 Å². The number of aliphatic hydroxyl groups is 1. The first-order chi connectivity index (χ1) is 12.7. The van der Waals surface area contributed by atoms with Gasteiger partial charge in [-0.1, -0.05) is 42.0 Å². The molecule has 5 heteroatoms. The molecule has 2 aromatic carbocycles. The molecule has 5 nitrogen and oxygen atoms in total. The molecule has 1 unspecified atom stereocenters. The minimum absolute atomic E-state index is 0.0756. The van der Waals surface area contributed by atoms with Crippen LogP contribution in [0.1, 0.15) is 33.8 Å². The molecule has 134 valence electrons. The second kappa shape index (κ2) is 8.45. The molecule has 1 amide bonds.